The van der Waals surface area contributed by atoms with Crippen LogP contribution in [-0.4, -0.2) is 32.7 Å². The zero-order valence-corrected chi connectivity index (χ0v) is 15.9. The lowest BCUT2D eigenvalue weighted by Crippen LogP contribution is -2.29. The molecule has 0 radical (unpaired) electrons. The van der Waals surface area contributed by atoms with Crippen LogP contribution in [0.4, 0.5) is 0 Å². The second kappa shape index (κ2) is 6.74. The Hall–Kier alpha value is -2.38. The van der Waals surface area contributed by atoms with Gasteiger partial charge in [0.15, 0.2) is 0 Å². The van der Waals surface area contributed by atoms with E-state index < -0.39 is 0 Å². The van der Waals surface area contributed by atoms with Gasteiger partial charge in [0, 0.05) is 30.1 Å². The van der Waals surface area contributed by atoms with E-state index >= 15 is 0 Å². The van der Waals surface area contributed by atoms with E-state index in [4.69, 9.17) is 16.3 Å². The van der Waals surface area contributed by atoms with Crippen molar-refractivity contribution in [3.05, 3.63) is 63.4 Å². The molecule has 1 unspecified atom stereocenters. The SMILES string of the molecule is COc1ncc(CN2C(=O)c3ccccc3C2Cc2c(Cl)cnn2C)s1. The highest BCUT2D eigenvalue weighted by Crippen LogP contribution is 2.38. The number of rotatable bonds is 5. The Morgan fingerprint density at radius 3 is 2.81 bits per heavy atom. The summed E-state index contributed by atoms with van der Waals surface area (Å²) in [7, 11) is 3.45. The maximum absolute atomic E-state index is 13.0. The number of methoxy groups -OCH3 is 1. The molecule has 1 aliphatic rings. The molecule has 0 aliphatic carbocycles. The first-order valence-electron chi connectivity index (χ1n) is 8.13. The summed E-state index contributed by atoms with van der Waals surface area (Å²) >= 11 is 7.75. The summed E-state index contributed by atoms with van der Waals surface area (Å²) in [5, 5.41) is 5.42. The molecule has 1 amide bonds. The summed E-state index contributed by atoms with van der Waals surface area (Å²) < 4.78 is 6.93. The third-order valence-electron chi connectivity index (χ3n) is 4.62. The lowest BCUT2D eigenvalue weighted by Gasteiger charge is -2.25. The van der Waals surface area contributed by atoms with Crippen molar-refractivity contribution >= 4 is 28.8 Å². The van der Waals surface area contributed by atoms with Gasteiger partial charge >= 0.3 is 0 Å². The van der Waals surface area contributed by atoms with Crippen LogP contribution in [-0.2, 0) is 20.0 Å². The predicted octanol–water partition coefficient (Wildman–Crippen LogP) is 3.48. The second-order valence-electron chi connectivity index (χ2n) is 6.10. The van der Waals surface area contributed by atoms with Crippen LogP contribution in [0.5, 0.6) is 5.19 Å². The highest BCUT2D eigenvalue weighted by molar-refractivity contribution is 7.13. The molecule has 1 aromatic carbocycles. The van der Waals surface area contributed by atoms with E-state index in [-0.39, 0.29) is 11.9 Å². The van der Waals surface area contributed by atoms with E-state index in [9.17, 15) is 4.79 Å². The smallest absolute Gasteiger partial charge is 0.273 e. The summed E-state index contributed by atoms with van der Waals surface area (Å²) in [4.78, 5) is 20.1. The number of hydrogen-bond donors (Lipinski definition) is 0. The van der Waals surface area contributed by atoms with Crippen molar-refractivity contribution in [2.75, 3.05) is 7.11 Å². The molecular formula is C18H17ClN4O2S. The standard InChI is InChI=1S/C18H17ClN4O2S/c1-22-16(14(19)9-21-22)7-15-12-5-3-4-6-13(12)17(24)23(15)10-11-8-20-18(25-2)26-11/h3-6,8-9,15H,7,10H2,1-2H3. The molecule has 4 rings (SSSR count). The van der Waals surface area contributed by atoms with Crippen molar-refractivity contribution in [1.29, 1.82) is 0 Å². The largest absolute Gasteiger partial charge is 0.473 e. The van der Waals surface area contributed by atoms with Gasteiger partial charge < -0.3 is 9.64 Å². The lowest BCUT2D eigenvalue weighted by atomic mass is 10.0. The lowest BCUT2D eigenvalue weighted by molar-refractivity contribution is 0.0710. The van der Waals surface area contributed by atoms with Gasteiger partial charge in [0.25, 0.3) is 11.1 Å². The monoisotopic (exact) mass is 388 g/mol. The van der Waals surface area contributed by atoms with Crippen LogP contribution in [0.2, 0.25) is 5.02 Å². The fourth-order valence-corrected chi connectivity index (χ4v) is 4.29. The number of nitrogens with zero attached hydrogens (tertiary/aromatic N) is 4. The van der Waals surface area contributed by atoms with E-state index in [2.05, 4.69) is 10.1 Å². The van der Waals surface area contributed by atoms with E-state index in [0.717, 1.165) is 21.7 Å². The quantitative estimate of drug-likeness (QED) is 0.671. The van der Waals surface area contributed by atoms with Gasteiger partial charge in [-0.1, -0.05) is 41.1 Å². The normalized spacial score (nSPS) is 16.2. The summed E-state index contributed by atoms with van der Waals surface area (Å²) in [6, 6.07) is 7.64. The minimum absolute atomic E-state index is 0.0243. The van der Waals surface area contributed by atoms with Crippen molar-refractivity contribution in [3.63, 3.8) is 0 Å². The Bertz CT molecular complexity index is 948. The fraction of sp³-hybridized carbons (Fsp3) is 0.278. The first-order chi connectivity index (χ1) is 12.6. The second-order valence-corrected chi connectivity index (χ2v) is 7.58. The molecule has 2 aromatic heterocycles. The fourth-order valence-electron chi connectivity index (χ4n) is 3.32. The summed E-state index contributed by atoms with van der Waals surface area (Å²) in [6.45, 7) is 0.481. The zero-order valence-electron chi connectivity index (χ0n) is 14.3. The number of amides is 1. The van der Waals surface area contributed by atoms with Crippen molar-refractivity contribution in [2.45, 2.75) is 19.0 Å². The highest BCUT2D eigenvalue weighted by Gasteiger charge is 2.37. The van der Waals surface area contributed by atoms with Gasteiger partial charge in [-0.2, -0.15) is 5.10 Å². The molecule has 0 bridgehead atoms. The number of carbonyl (C=O) groups excluding carboxylic acids is 1. The summed E-state index contributed by atoms with van der Waals surface area (Å²) in [6.07, 6.45) is 4.00. The van der Waals surface area contributed by atoms with Gasteiger partial charge in [0.1, 0.15) is 0 Å². The highest BCUT2D eigenvalue weighted by atomic mass is 35.5. The molecule has 134 valence electrons. The molecule has 3 heterocycles. The molecule has 0 fully saturated rings. The van der Waals surface area contributed by atoms with Gasteiger partial charge in [-0.15, -0.1) is 0 Å². The van der Waals surface area contributed by atoms with Gasteiger partial charge in [0.05, 0.1) is 36.6 Å². The van der Waals surface area contributed by atoms with Gasteiger partial charge in [-0.25, -0.2) is 4.98 Å². The minimum Gasteiger partial charge on any atom is -0.473 e. The molecular weight excluding hydrogens is 372 g/mol. The number of fused-ring (bicyclic) bond motifs is 1. The topological polar surface area (TPSA) is 60.2 Å². The van der Waals surface area contributed by atoms with Crippen molar-refractivity contribution in [3.8, 4) is 5.19 Å². The Morgan fingerprint density at radius 1 is 1.31 bits per heavy atom. The number of ether oxygens (including phenoxy) is 1. The Labute approximate surface area is 160 Å². The van der Waals surface area contributed by atoms with Crippen LogP contribution >= 0.6 is 22.9 Å². The average Bonchev–Trinajstić information content (AvgIpc) is 3.31. The number of aromatic nitrogens is 3. The molecule has 0 saturated carbocycles. The molecule has 1 atom stereocenters. The van der Waals surface area contributed by atoms with Crippen LogP contribution < -0.4 is 4.74 Å². The van der Waals surface area contributed by atoms with E-state index in [1.165, 1.54) is 11.3 Å². The van der Waals surface area contributed by atoms with Crippen LogP contribution in [0, 0.1) is 0 Å². The average molecular weight is 389 g/mol. The van der Waals surface area contributed by atoms with Crippen molar-refractivity contribution in [1.82, 2.24) is 19.7 Å². The number of halogens is 1. The molecule has 0 saturated heterocycles. The van der Waals surface area contributed by atoms with Crippen LogP contribution in [0.15, 0.2) is 36.7 Å². The summed E-state index contributed by atoms with van der Waals surface area (Å²) in [5.41, 5.74) is 2.67. The van der Waals surface area contributed by atoms with E-state index in [0.29, 0.717) is 23.2 Å². The van der Waals surface area contributed by atoms with E-state index in [1.54, 1.807) is 24.2 Å². The van der Waals surface area contributed by atoms with Crippen LogP contribution in [0.3, 0.4) is 0 Å². The molecule has 1 aliphatic heterocycles. The van der Waals surface area contributed by atoms with E-state index in [1.807, 2.05) is 36.2 Å². The maximum atomic E-state index is 13.0. The first-order valence-corrected chi connectivity index (χ1v) is 9.33. The molecule has 0 spiro atoms. The Morgan fingerprint density at radius 2 is 2.12 bits per heavy atom. The Kier molecular flexibility index (Phi) is 4.42. The van der Waals surface area contributed by atoms with Crippen molar-refractivity contribution < 1.29 is 9.53 Å². The van der Waals surface area contributed by atoms with Gasteiger partial charge in [-0.3, -0.25) is 9.48 Å². The third-order valence-corrected chi connectivity index (χ3v) is 5.88. The molecule has 3 aromatic rings. The molecule has 26 heavy (non-hydrogen) atoms. The molecule has 0 N–H and O–H groups in total. The third kappa shape index (κ3) is 2.87. The van der Waals surface area contributed by atoms with Crippen LogP contribution in [0.1, 0.15) is 32.5 Å². The van der Waals surface area contributed by atoms with Crippen molar-refractivity contribution in [2.24, 2.45) is 7.05 Å². The minimum atomic E-state index is -0.0975. The van der Waals surface area contributed by atoms with Gasteiger partial charge in [-0.05, 0) is 11.6 Å². The Balaban J connectivity index is 1.70. The number of carbonyl (C=O) groups is 1. The summed E-state index contributed by atoms with van der Waals surface area (Å²) in [5.74, 6) is 0.0243. The van der Waals surface area contributed by atoms with Crippen LogP contribution in [0.25, 0.3) is 0 Å². The number of thiazole rings is 1. The first kappa shape index (κ1) is 17.1. The predicted molar refractivity (Wildman–Crippen MR) is 99.6 cm³/mol. The number of hydrogen-bond acceptors (Lipinski definition) is 5. The molecule has 8 heteroatoms. The molecule has 6 nitrogen and oxygen atoms in total. The zero-order chi connectivity index (χ0) is 18.3. The maximum Gasteiger partial charge on any atom is 0.273 e. The number of aryl methyl sites for hydroxylation is 1. The number of benzene rings is 1. The van der Waals surface area contributed by atoms with Gasteiger partial charge in [0.2, 0.25) is 0 Å².